The molecule has 0 radical (unpaired) electrons. The largest absolute Gasteiger partial charge is 0.573 e. The van der Waals surface area contributed by atoms with Crippen LogP contribution >= 0.6 is 0 Å². The van der Waals surface area contributed by atoms with E-state index in [2.05, 4.69) is 15.4 Å². The minimum Gasteiger partial charge on any atom is -0.490 e. The molecule has 0 fully saturated rings. The monoisotopic (exact) mass is 466 g/mol. The summed E-state index contributed by atoms with van der Waals surface area (Å²) in [7, 11) is 0. The molecule has 2 aromatic rings. The van der Waals surface area contributed by atoms with Crippen LogP contribution in [0.2, 0.25) is 0 Å². The number of aliphatic hydroxyl groups excluding tert-OH is 1. The van der Waals surface area contributed by atoms with E-state index in [4.69, 9.17) is 9.84 Å². The van der Waals surface area contributed by atoms with Crippen LogP contribution in [0.3, 0.4) is 0 Å². The summed E-state index contributed by atoms with van der Waals surface area (Å²) in [5, 5.41) is 14.1. The second-order valence-corrected chi connectivity index (χ2v) is 6.84. The van der Waals surface area contributed by atoms with Gasteiger partial charge in [0.15, 0.2) is 0 Å². The van der Waals surface area contributed by atoms with Crippen molar-refractivity contribution in [1.29, 1.82) is 0 Å². The fourth-order valence-corrected chi connectivity index (χ4v) is 2.76. The van der Waals surface area contributed by atoms with Crippen molar-refractivity contribution in [2.45, 2.75) is 25.7 Å². The van der Waals surface area contributed by atoms with E-state index < -0.39 is 30.0 Å². The molecule has 0 saturated carbocycles. The van der Waals surface area contributed by atoms with Crippen LogP contribution in [-0.2, 0) is 11.2 Å². The summed E-state index contributed by atoms with van der Waals surface area (Å²) in [5.74, 6) is -0.883. The number of alkyl halides is 3. The fraction of sp³-hybridized carbons (Fsp3) is 0.304. The van der Waals surface area contributed by atoms with E-state index in [1.54, 1.807) is 24.3 Å². The van der Waals surface area contributed by atoms with Crippen LogP contribution < -0.4 is 20.1 Å². The highest BCUT2D eigenvalue weighted by atomic mass is 19.4. The molecule has 0 spiro atoms. The van der Waals surface area contributed by atoms with Crippen molar-refractivity contribution in [2.24, 2.45) is 0 Å². The zero-order valence-corrected chi connectivity index (χ0v) is 17.9. The molecule has 178 valence electrons. The van der Waals surface area contributed by atoms with Crippen LogP contribution in [0, 0.1) is 0 Å². The van der Waals surface area contributed by atoms with E-state index in [0.717, 1.165) is 12.1 Å². The number of halogens is 3. The Labute approximate surface area is 189 Å². The molecule has 0 saturated heterocycles. The van der Waals surface area contributed by atoms with Crippen LogP contribution in [0.25, 0.3) is 0 Å². The zero-order chi connectivity index (χ0) is 24.3. The molecule has 2 rings (SSSR count). The molecule has 0 aliphatic carbocycles. The Bertz CT molecular complexity index is 929. The Morgan fingerprint density at radius 1 is 1.06 bits per heavy atom. The molecule has 0 heterocycles. The molecule has 1 atom stereocenters. The smallest absolute Gasteiger partial charge is 0.490 e. The number of aliphatic hydroxyl groups is 1. The van der Waals surface area contributed by atoms with E-state index in [1.165, 1.54) is 12.1 Å². The number of benzene rings is 2. The van der Waals surface area contributed by atoms with Gasteiger partial charge >= 0.3 is 6.36 Å². The van der Waals surface area contributed by atoms with Gasteiger partial charge in [-0.3, -0.25) is 9.59 Å². The number of hydrogen-bond donors (Lipinski definition) is 3. The Kier molecular flexibility index (Phi) is 9.74. The SMILES string of the molecule is CC=CCOc1ccc(C(=O)NC(Cc2ccc(OC(F)(F)F)cc2)C(=O)NCCO)cc1. The van der Waals surface area contributed by atoms with E-state index in [9.17, 15) is 22.8 Å². The van der Waals surface area contributed by atoms with E-state index >= 15 is 0 Å². The lowest BCUT2D eigenvalue weighted by molar-refractivity contribution is -0.274. The first-order valence-electron chi connectivity index (χ1n) is 10.1. The maximum atomic E-state index is 12.7. The molecule has 2 amide bonds. The van der Waals surface area contributed by atoms with Crippen LogP contribution in [0.1, 0.15) is 22.8 Å². The first-order chi connectivity index (χ1) is 15.7. The van der Waals surface area contributed by atoms with Crippen molar-refractivity contribution in [3.05, 3.63) is 71.8 Å². The molecule has 0 aromatic heterocycles. The number of hydrogen-bond acceptors (Lipinski definition) is 5. The third-order valence-corrected chi connectivity index (χ3v) is 4.33. The van der Waals surface area contributed by atoms with Gasteiger partial charge in [-0.05, 0) is 48.9 Å². The summed E-state index contributed by atoms with van der Waals surface area (Å²) < 4.78 is 46.3. The van der Waals surface area contributed by atoms with E-state index in [-0.39, 0.29) is 19.6 Å². The first kappa shape index (κ1) is 25.7. The van der Waals surface area contributed by atoms with Gasteiger partial charge in [0.25, 0.3) is 5.91 Å². The molecular formula is C23H25F3N2O5. The Morgan fingerprint density at radius 2 is 1.70 bits per heavy atom. The summed E-state index contributed by atoms with van der Waals surface area (Å²) in [4.78, 5) is 25.2. The van der Waals surface area contributed by atoms with E-state index in [0.29, 0.717) is 23.5 Å². The summed E-state index contributed by atoms with van der Waals surface area (Å²) >= 11 is 0. The van der Waals surface area contributed by atoms with Gasteiger partial charge in [0.2, 0.25) is 5.91 Å². The highest BCUT2D eigenvalue weighted by Crippen LogP contribution is 2.23. The van der Waals surface area contributed by atoms with Gasteiger partial charge in [-0.25, -0.2) is 0 Å². The average Bonchev–Trinajstić information content (AvgIpc) is 2.78. The molecule has 0 bridgehead atoms. The van der Waals surface area contributed by atoms with Crippen molar-refractivity contribution in [2.75, 3.05) is 19.8 Å². The van der Waals surface area contributed by atoms with Gasteiger partial charge in [0.1, 0.15) is 24.1 Å². The van der Waals surface area contributed by atoms with Gasteiger partial charge < -0.3 is 25.2 Å². The number of allylic oxidation sites excluding steroid dienone is 1. The molecule has 10 heteroatoms. The van der Waals surface area contributed by atoms with Crippen LogP contribution in [0.4, 0.5) is 13.2 Å². The highest BCUT2D eigenvalue weighted by Gasteiger charge is 2.31. The quantitative estimate of drug-likeness (QED) is 0.443. The summed E-state index contributed by atoms with van der Waals surface area (Å²) in [6, 6.07) is 10.3. The van der Waals surface area contributed by atoms with Crippen molar-refractivity contribution >= 4 is 11.8 Å². The van der Waals surface area contributed by atoms with E-state index in [1.807, 2.05) is 19.1 Å². The predicted molar refractivity (Wildman–Crippen MR) is 115 cm³/mol. The second kappa shape index (κ2) is 12.5. The van der Waals surface area contributed by atoms with Crippen molar-refractivity contribution in [3.8, 4) is 11.5 Å². The molecule has 7 nitrogen and oxygen atoms in total. The molecule has 0 aliphatic rings. The number of nitrogens with one attached hydrogen (secondary N) is 2. The van der Waals surface area contributed by atoms with Gasteiger partial charge in [-0.1, -0.05) is 24.3 Å². The topological polar surface area (TPSA) is 96.9 Å². The fourth-order valence-electron chi connectivity index (χ4n) is 2.76. The number of ether oxygens (including phenoxy) is 2. The lowest BCUT2D eigenvalue weighted by Crippen LogP contribution is -2.48. The van der Waals surface area contributed by atoms with Crippen molar-refractivity contribution in [1.82, 2.24) is 10.6 Å². The van der Waals surface area contributed by atoms with Crippen LogP contribution in [0.15, 0.2) is 60.7 Å². The standard InChI is InChI=1S/C23H25F3N2O5/c1-2-3-14-32-18-10-6-17(7-11-18)21(30)28-20(22(31)27-12-13-29)15-16-4-8-19(9-5-16)33-23(24,25)26/h2-11,20,29H,12-15H2,1H3,(H,27,31)(H,28,30). The second-order valence-electron chi connectivity index (χ2n) is 6.84. The van der Waals surface area contributed by atoms with Gasteiger partial charge in [0, 0.05) is 18.5 Å². The van der Waals surface area contributed by atoms with Crippen LogP contribution in [0.5, 0.6) is 11.5 Å². The van der Waals surface area contributed by atoms with Crippen molar-refractivity contribution < 1.29 is 37.3 Å². The number of rotatable bonds is 11. The lowest BCUT2D eigenvalue weighted by atomic mass is 10.0. The highest BCUT2D eigenvalue weighted by molar-refractivity contribution is 5.97. The molecule has 1 unspecified atom stereocenters. The maximum absolute atomic E-state index is 12.7. The molecular weight excluding hydrogens is 441 g/mol. The number of carbonyl (C=O) groups is 2. The van der Waals surface area contributed by atoms with Gasteiger partial charge in [0.05, 0.1) is 6.61 Å². The third kappa shape index (κ3) is 9.24. The third-order valence-electron chi connectivity index (χ3n) is 4.33. The summed E-state index contributed by atoms with van der Waals surface area (Å²) in [6.07, 6.45) is -1.12. The normalized spacial score (nSPS) is 12.3. The molecule has 0 aliphatic heterocycles. The average molecular weight is 466 g/mol. The zero-order valence-electron chi connectivity index (χ0n) is 17.9. The minimum absolute atomic E-state index is 0.0121. The predicted octanol–water partition coefficient (Wildman–Crippen LogP) is 2.99. The Hall–Kier alpha value is -3.53. The molecule has 3 N–H and O–H groups in total. The Balaban J connectivity index is 2.08. The lowest BCUT2D eigenvalue weighted by Gasteiger charge is -2.19. The molecule has 33 heavy (non-hydrogen) atoms. The first-order valence-corrected chi connectivity index (χ1v) is 10.1. The number of amides is 2. The van der Waals surface area contributed by atoms with Gasteiger partial charge in [-0.2, -0.15) is 0 Å². The maximum Gasteiger partial charge on any atom is 0.573 e. The minimum atomic E-state index is -4.81. The number of carbonyl (C=O) groups excluding carboxylic acids is 2. The Morgan fingerprint density at radius 3 is 2.27 bits per heavy atom. The summed E-state index contributed by atoms with van der Waals surface area (Å²) in [5.41, 5.74) is 0.795. The molecule has 2 aromatic carbocycles. The van der Waals surface area contributed by atoms with Crippen molar-refractivity contribution in [3.63, 3.8) is 0 Å². The van der Waals surface area contributed by atoms with Gasteiger partial charge in [-0.15, -0.1) is 13.2 Å². The van der Waals surface area contributed by atoms with Crippen LogP contribution in [-0.4, -0.2) is 49.1 Å². The summed E-state index contributed by atoms with van der Waals surface area (Å²) in [6.45, 7) is 1.96.